The van der Waals surface area contributed by atoms with Gasteiger partial charge in [-0.15, -0.1) is 0 Å². The fraction of sp³-hybridized carbons (Fsp3) is 0.538. The molecule has 2 N–H and O–H groups in total. The molecule has 0 saturated carbocycles. The Balaban J connectivity index is 2.52. The molecule has 0 aromatic heterocycles. The van der Waals surface area contributed by atoms with Gasteiger partial charge in [-0.25, -0.2) is 0 Å². The second-order valence-electron chi connectivity index (χ2n) is 4.04. The quantitative estimate of drug-likeness (QED) is 0.752. The second-order valence-corrected chi connectivity index (χ2v) is 4.04. The van der Waals surface area contributed by atoms with Crippen LogP contribution in [0.15, 0.2) is 18.2 Å². The molecule has 90 valence electrons. The third-order valence-electron chi connectivity index (χ3n) is 2.29. The Morgan fingerprint density at radius 1 is 1.25 bits per heavy atom. The molecule has 0 bridgehead atoms. The summed E-state index contributed by atoms with van der Waals surface area (Å²) in [6, 6.07) is 6.01. The Morgan fingerprint density at radius 2 is 2.00 bits per heavy atom. The van der Waals surface area contributed by atoms with Crippen LogP contribution in [-0.2, 0) is 11.3 Å². The molecule has 1 aromatic carbocycles. The summed E-state index contributed by atoms with van der Waals surface area (Å²) >= 11 is 0. The lowest BCUT2D eigenvalue weighted by Gasteiger charge is -2.14. The van der Waals surface area contributed by atoms with Crippen molar-refractivity contribution in [2.45, 2.75) is 33.4 Å². The van der Waals surface area contributed by atoms with Gasteiger partial charge in [0.05, 0.1) is 12.7 Å². The van der Waals surface area contributed by atoms with E-state index in [0.29, 0.717) is 19.8 Å². The lowest BCUT2D eigenvalue weighted by Crippen LogP contribution is -2.13. The van der Waals surface area contributed by atoms with E-state index in [1.54, 1.807) is 0 Å². The molecule has 0 unspecified atom stereocenters. The molecule has 16 heavy (non-hydrogen) atoms. The van der Waals surface area contributed by atoms with Crippen LogP contribution in [0.1, 0.15) is 25.0 Å². The maximum absolute atomic E-state index is 5.70. The van der Waals surface area contributed by atoms with Crippen LogP contribution in [0.3, 0.4) is 0 Å². The molecule has 0 spiro atoms. The van der Waals surface area contributed by atoms with E-state index in [4.69, 9.17) is 15.2 Å². The summed E-state index contributed by atoms with van der Waals surface area (Å²) in [5.41, 5.74) is 7.82. The Bertz CT molecular complexity index is 324. The molecule has 0 aliphatic carbocycles. The Morgan fingerprint density at radius 3 is 2.62 bits per heavy atom. The first-order valence-corrected chi connectivity index (χ1v) is 5.68. The van der Waals surface area contributed by atoms with Crippen LogP contribution in [0.2, 0.25) is 0 Å². The molecule has 0 amide bonds. The van der Waals surface area contributed by atoms with Gasteiger partial charge in [0.25, 0.3) is 0 Å². The van der Waals surface area contributed by atoms with Gasteiger partial charge < -0.3 is 15.2 Å². The predicted molar refractivity (Wildman–Crippen MR) is 65.7 cm³/mol. The van der Waals surface area contributed by atoms with Crippen molar-refractivity contribution < 1.29 is 9.47 Å². The van der Waals surface area contributed by atoms with E-state index < -0.39 is 0 Å². The lowest BCUT2D eigenvalue weighted by molar-refractivity contribution is 0.0549. The van der Waals surface area contributed by atoms with Crippen molar-refractivity contribution in [1.29, 1.82) is 0 Å². The number of nitrogens with two attached hydrogens (primary N) is 1. The number of benzene rings is 1. The van der Waals surface area contributed by atoms with E-state index in [1.165, 1.54) is 0 Å². The molecule has 0 fully saturated rings. The third kappa shape index (κ3) is 3.83. The summed E-state index contributed by atoms with van der Waals surface area (Å²) < 4.78 is 11.1. The van der Waals surface area contributed by atoms with Gasteiger partial charge in [0, 0.05) is 12.1 Å². The van der Waals surface area contributed by atoms with Crippen molar-refractivity contribution >= 4 is 0 Å². The number of hydrogen-bond donors (Lipinski definition) is 1. The highest BCUT2D eigenvalue weighted by Crippen LogP contribution is 2.22. The number of aryl methyl sites for hydroxylation is 1. The molecule has 0 heterocycles. The van der Waals surface area contributed by atoms with Crippen molar-refractivity contribution in [3.05, 3.63) is 29.3 Å². The first-order valence-electron chi connectivity index (χ1n) is 5.68. The zero-order valence-electron chi connectivity index (χ0n) is 10.3. The SMILES string of the molecule is Cc1cccc(CN)c1OCCOC(C)C. The van der Waals surface area contributed by atoms with Gasteiger partial charge in [-0.1, -0.05) is 18.2 Å². The van der Waals surface area contributed by atoms with Crippen molar-refractivity contribution in [2.75, 3.05) is 13.2 Å². The molecule has 1 aromatic rings. The van der Waals surface area contributed by atoms with Crippen molar-refractivity contribution in [2.24, 2.45) is 5.73 Å². The number of para-hydroxylation sites is 1. The highest BCUT2D eigenvalue weighted by molar-refractivity contribution is 5.40. The van der Waals surface area contributed by atoms with Gasteiger partial charge >= 0.3 is 0 Å². The highest BCUT2D eigenvalue weighted by atomic mass is 16.5. The van der Waals surface area contributed by atoms with Crippen molar-refractivity contribution in [1.82, 2.24) is 0 Å². The molecule has 0 saturated heterocycles. The van der Waals surface area contributed by atoms with Gasteiger partial charge in [-0.3, -0.25) is 0 Å². The number of ether oxygens (including phenoxy) is 2. The van der Waals surface area contributed by atoms with Crippen LogP contribution < -0.4 is 10.5 Å². The largest absolute Gasteiger partial charge is 0.491 e. The highest BCUT2D eigenvalue weighted by Gasteiger charge is 2.05. The van der Waals surface area contributed by atoms with Gasteiger partial charge in [0.15, 0.2) is 0 Å². The predicted octanol–water partition coefficient (Wildman–Crippen LogP) is 2.26. The second kappa shape index (κ2) is 6.51. The van der Waals surface area contributed by atoms with Crippen LogP contribution in [-0.4, -0.2) is 19.3 Å². The van der Waals surface area contributed by atoms with Gasteiger partial charge in [0.2, 0.25) is 0 Å². The summed E-state index contributed by atoms with van der Waals surface area (Å²) in [5.74, 6) is 0.900. The summed E-state index contributed by atoms with van der Waals surface area (Å²) in [6.45, 7) is 7.73. The van der Waals surface area contributed by atoms with Crippen LogP contribution >= 0.6 is 0 Å². The number of rotatable bonds is 6. The minimum Gasteiger partial charge on any atom is -0.491 e. The Kier molecular flexibility index (Phi) is 5.29. The minimum absolute atomic E-state index is 0.245. The van der Waals surface area contributed by atoms with E-state index >= 15 is 0 Å². The summed E-state index contributed by atoms with van der Waals surface area (Å²) in [6.07, 6.45) is 0.245. The molecule has 0 aliphatic heterocycles. The smallest absolute Gasteiger partial charge is 0.126 e. The van der Waals surface area contributed by atoms with E-state index in [9.17, 15) is 0 Å². The fourth-order valence-corrected chi connectivity index (χ4v) is 1.51. The standard InChI is InChI=1S/C13H21NO2/c1-10(2)15-7-8-16-13-11(3)5-4-6-12(13)9-14/h4-6,10H,7-9,14H2,1-3H3. The Labute approximate surface area is 97.6 Å². The molecular weight excluding hydrogens is 202 g/mol. The van der Waals surface area contributed by atoms with Crippen LogP contribution in [0.4, 0.5) is 0 Å². The number of hydrogen-bond acceptors (Lipinski definition) is 3. The molecule has 3 heteroatoms. The lowest BCUT2D eigenvalue weighted by atomic mass is 10.1. The first kappa shape index (κ1) is 13.0. The van der Waals surface area contributed by atoms with Crippen molar-refractivity contribution in [3.8, 4) is 5.75 Å². The van der Waals surface area contributed by atoms with E-state index in [0.717, 1.165) is 16.9 Å². The molecule has 0 radical (unpaired) electrons. The summed E-state index contributed by atoms with van der Waals surface area (Å²) in [7, 11) is 0. The zero-order chi connectivity index (χ0) is 12.0. The maximum atomic E-state index is 5.70. The fourth-order valence-electron chi connectivity index (χ4n) is 1.51. The van der Waals surface area contributed by atoms with E-state index in [2.05, 4.69) is 0 Å². The molecule has 3 nitrogen and oxygen atoms in total. The monoisotopic (exact) mass is 223 g/mol. The zero-order valence-corrected chi connectivity index (χ0v) is 10.3. The molecule has 0 atom stereocenters. The first-order chi connectivity index (χ1) is 7.65. The maximum Gasteiger partial charge on any atom is 0.126 e. The van der Waals surface area contributed by atoms with Crippen molar-refractivity contribution in [3.63, 3.8) is 0 Å². The normalized spacial score (nSPS) is 10.8. The molecular formula is C13H21NO2. The minimum atomic E-state index is 0.245. The van der Waals surface area contributed by atoms with Gasteiger partial charge in [-0.05, 0) is 26.3 Å². The summed E-state index contributed by atoms with van der Waals surface area (Å²) in [4.78, 5) is 0. The van der Waals surface area contributed by atoms with Crippen LogP contribution in [0.25, 0.3) is 0 Å². The van der Waals surface area contributed by atoms with Crippen LogP contribution in [0.5, 0.6) is 5.75 Å². The third-order valence-corrected chi connectivity index (χ3v) is 2.29. The molecule has 0 aliphatic rings. The van der Waals surface area contributed by atoms with Crippen LogP contribution in [0, 0.1) is 6.92 Å². The average molecular weight is 223 g/mol. The van der Waals surface area contributed by atoms with Gasteiger partial charge in [-0.2, -0.15) is 0 Å². The molecule has 1 rings (SSSR count). The van der Waals surface area contributed by atoms with Gasteiger partial charge in [0.1, 0.15) is 12.4 Å². The topological polar surface area (TPSA) is 44.5 Å². The summed E-state index contributed by atoms with van der Waals surface area (Å²) in [5, 5.41) is 0. The van der Waals surface area contributed by atoms with E-state index in [1.807, 2.05) is 39.0 Å². The average Bonchev–Trinajstić information content (AvgIpc) is 2.25. The van der Waals surface area contributed by atoms with E-state index in [-0.39, 0.29) is 6.10 Å². The Hall–Kier alpha value is -1.06.